The van der Waals surface area contributed by atoms with E-state index in [2.05, 4.69) is 0 Å². The first kappa shape index (κ1) is 33.5. The van der Waals surface area contributed by atoms with Gasteiger partial charge in [0.25, 0.3) is 0 Å². The van der Waals surface area contributed by atoms with Gasteiger partial charge in [0.2, 0.25) is 5.90 Å². The van der Waals surface area contributed by atoms with E-state index in [0.717, 1.165) is 129 Å². The number of esters is 1. The van der Waals surface area contributed by atoms with Crippen LogP contribution in [0.5, 0.6) is 0 Å². The Hall–Kier alpha value is -9.51. The van der Waals surface area contributed by atoms with Gasteiger partial charge >= 0.3 is 5.97 Å². The lowest BCUT2D eigenvalue weighted by Crippen LogP contribution is -2.46. The highest BCUT2D eigenvalue weighted by Crippen LogP contribution is 2.79. The number of cyclic esters (lactones) is 1. The molecule has 0 radical (unpaired) electrons. The molecule has 25 aromatic rings. The molecule has 25 aromatic carbocycles. The molecule has 9 heteroatoms. The first-order chi connectivity index (χ1) is 38.0. The number of ether oxygens (including phenoxy) is 1. The third kappa shape index (κ3) is 2.13. The normalized spacial score (nSPS) is 21.8. The summed E-state index contributed by atoms with van der Waals surface area (Å²) in [6.07, 6.45) is 0. The molecule has 0 unspecified atom stereocenters. The molecule has 0 amide bonds. The average Bonchev–Trinajstić information content (AvgIpc) is 1.51. The van der Waals surface area contributed by atoms with Gasteiger partial charge in [0.1, 0.15) is 5.60 Å². The van der Waals surface area contributed by atoms with Gasteiger partial charge in [0, 0.05) is 173 Å². The van der Waals surface area contributed by atoms with Crippen molar-refractivity contribution in [2.45, 2.75) is 37.6 Å². The highest BCUT2D eigenvalue weighted by molar-refractivity contribution is 6.78. The number of benzene rings is 16. The molecule has 1 N–H and O–H groups in total. The Morgan fingerprint density at radius 2 is 0.679 bits per heavy atom. The molecule has 2 atom stereocenters. The SMILES string of the molecule is CC(C)(C)OO[C@]12C3=C(C(=Nc4ccccc4)OC3=O)[C@]3(O)c4c1c1c5c2c2c(=O)c6c7c(=O)c8c9c(=O)c%10c3c3c4c4c1c1c%11c5c5c2c6c2c6c7c8c7c8c9c%10c9c3c3c4c1c1c4c3c9c8c3c7c6c6c2c5c%11c1c6c34. The number of carbonyl (C=O) groups excluding carboxylic acids is 1. The fourth-order valence-electron chi connectivity index (χ4n) is 22.2. The van der Waals surface area contributed by atoms with Crippen LogP contribution in [0.3, 0.4) is 0 Å². The molecule has 0 saturated heterocycles. The van der Waals surface area contributed by atoms with E-state index in [1.807, 2.05) is 51.1 Å². The Bertz CT molecular complexity index is 7600. The van der Waals surface area contributed by atoms with Gasteiger partial charge in [-0.1, -0.05) is 18.2 Å². The number of para-hydroxylation sites is 1. The summed E-state index contributed by atoms with van der Waals surface area (Å²) in [6.45, 7) is 5.70. The maximum absolute atomic E-state index is 17.3. The first-order valence-electron chi connectivity index (χ1n) is 27.1. The maximum atomic E-state index is 17.3. The number of nitrogens with zero attached hydrogens (tertiary/aromatic N) is 1. The van der Waals surface area contributed by atoms with Crippen molar-refractivity contribution >= 4 is 265 Å². The van der Waals surface area contributed by atoms with Gasteiger partial charge in [-0.05, 0) is 130 Å². The number of aliphatic imine (C=N–C) groups is 1. The summed E-state index contributed by atoms with van der Waals surface area (Å²) in [4.78, 5) is 86.8. The fraction of sp³-hybridized carbons (Fsp3) is 0.0870. The summed E-state index contributed by atoms with van der Waals surface area (Å²) in [5.74, 6) is -0.900. The number of carbonyl (C=O) groups is 1. The van der Waals surface area contributed by atoms with Gasteiger partial charge in [-0.2, -0.15) is 0 Å². The second-order valence-corrected chi connectivity index (χ2v) is 26.3. The van der Waals surface area contributed by atoms with Crippen molar-refractivity contribution in [3.8, 4) is 0 Å². The molecule has 29 rings (SSSR count). The largest absolute Gasteiger partial charge is 0.403 e. The first-order valence-corrected chi connectivity index (χ1v) is 27.1. The molecule has 1 aliphatic heterocycles. The van der Waals surface area contributed by atoms with E-state index in [0.29, 0.717) is 60.3 Å². The Morgan fingerprint density at radius 1 is 0.372 bits per heavy atom. The van der Waals surface area contributed by atoms with Crippen LogP contribution in [0.15, 0.2) is 60.9 Å². The molecule has 0 saturated carbocycles. The van der Waals surface area contributed by atoms with Crippen LogP contribution in [0.25, 0.3) is 248 Å². The Kier molecular flexibility index (Phi) is 3.50. The summed E-state index contributed by atoms with van der Waals surface area (Å²) in [6, 6.07) is 9.28. The molecule has 344 valence electrons. The third-order valence-electron chi connectivity index (χ3n) is 23.3. The minimum absolute atomic E-state index is 0.0229. The van der Waals surface area contributed by atoms with Crippen molar-refractivity contribution in [1.29, 1.82) is 0 Å². The lowest BCUT2D eigenvalue weighted by atomic mass is 9.65. The van der Waals surface area contributed by atoms with Crippen molar-refractivity contribution in [3.63, 3.8) is 0 Å². The number of fused-ring (bicyclic) bond motifs is 8. The van der Waals surface area contributed by atoms with Crippen LogP contribution in [0.4, 0.5) is 5.69 Å². The average molecular weight is 986 g/mol. The van der Waals surface area contributed by atoms with Crippen LogP contribution in [-0.2, 0) is 30.5 Å². The van der Waals surface area contributed by atoms with Crippen molar-refractivity contribution in [2.24, 2.45) is 4.99 Å². The molecule has 1 heterocycles. The Morgan fingerprint density at radius 3 is 1.08 bits per heavy atom. The van der Waals surface area contributed by atoms with E-state index < -0.39 is 22.8 Å². The highest BCUT2D eigenvalue weighted by atomic mass is 17.2. The zero-order chi connectivity index (χ0) is 49.4. The molecule has 9 nitrogen and oxygen atoms in total. The van der Waals surface area contributed by atoms with Crippen molar-refractivity contribution in [3.05, 3.63) is 94.4 Å². The van der Waals surface area contributed by atoms with Crippen LogP contribution in [0, 0.1) is 0 Å². The smallest absolute Gasteiger partial charge is 0.345 e. The highest BCUT2D eigenvalue weighted by Gasteiger charge is 2.69. The quantitative estimate of drug-likeness (QED) is 0.0802. The van der Waals surface area contributed by atoms with Gasteiger partial charge in [-0.3, -0.25) is 14.4 Å². The number of rotatable bonds is 3. The van der Waals surface area contributed by atoms with Gasteiger partial charge in [-0.25, -0.2) is 19.6 Å². The Labute approximate surface area is 424 Å². The summed E-state index contributed by atoms with van der Waals surface area (Å²) in [7, 11) is 0. The van der Waals surface area contributed by atoms with Crippen molar-refractivity contribution in [2.75, 3.05) is 0 Å². The molecular weight excluding hydrogens is 971 g/mol. The van der Waals surface area contributed by atoms with Crippen LogP contribution < -0.4 is 16.3 Å². The molecular formula is C69H15NO8. The topological polar surface area (TPSA) is 129 Å². The zero-order valence-corrected chi connectivity index (χ0v) is 40.1. The maximum Gasteiger partial charge on any atom is 0.345 e. The van der Waals surface area contributed by atoms with E-state index in [-0.39, 0.29) is 33.3 Å². The summed E-state index contributed by atoms with van der Waals surface area (Å²) in [5.41, 5.74) is -3.72. The minimum atomic E-state index is -2.27. The zero-order valence-electron chi connectivity index (χ0n) is 40.1. The number of hydrogen-bond donors (Lipinski definition) is 1. The van der Waals surface area contributed by atoms with E-state index >= 15 is 24.3 Å². The van der Waals surface area contributed by atoms with E-state index in [9.17, 15) is 0 Å². The predicted octanol–water partition coefficient (Wildman–Crippen LogP) is 14.2. The molecule has 78 heavy (non-hydrogen) atoms. The van der Waals surface area contributed by atoms with Crippen LogP contribution in [-0.4, -0.2) is 22.6 Å². The van der Waals surface area contributed by atoms with Crippen molar-refractivity contribution in [1.82, 2.24) is 0 Å². The lowest BCUT2D eigenvalue weighted by Gasteiger charge is -2.42. The minimum Gasteiger partial charge on any atom is -0.403 e. The third-order valence-corrected chi connectivity index (χ3v) is 23.3. The second-order valence-electron chi connectivity index (χ2n) is 26.3. The van der Waals surface area contributed by atoms with Gasteiger partial charge in [0.05, 0.1) is 22.4 Å². The van der Waals surface area contributed by atoms with Crippen LogP contribution in [0.2, 0.25) is 0 Å². The fourth-order valence-corrected chi connectivity index (χ4v) is 22.2. The molecule has 4 aliphatic rings. The van der Waals surface area contributed by atoms with E-state index in [4.69, 9.17) is 19.5 Å². The van der Waals surface area contributed by atoms with Gasteiger partial charge < -0.3 is 9.84 Å². The Balaban J connectivity index is 1.13. The standard InChI is InChI=1S/C69H15NO8/c1-67(2,3)77-78-69-57-47-37-27-18-13-11-10-12-14(13)25-28-26-17(12)23-21-15(10)19-20-16(11)22-24(18)35(37)45-43-33(22)31(20)41-40-30(19)32(21)42-44-34(23)36(26)46-48-38(28)39(29(25)27)49(47)59(69)58(48)68(75,60-61(69)66(74)76-65(60)70-9-7-5-4-6-8-9)56(46)54(44)63(72)52(42)50(40)62(71)51(41)53(43)64(73)55(45)57/h4-8,75H,1-3H3/t68-,69+/m1/s1. The monoisotopic (exact) mass is 985 g/mol. The van der Waals surface area contributed by atoms with Crippen LogP contribution >= 0.6 is 0 Å². The molecule has 0 fully saturated rings. The lowest BCUT2D eigenvalue weighted by molar-refractivity contribution is -0.390. The van der Waals surface area contributed by atoms with Crippen LogP contribution in [0.1, 0.15) is 43.0 Å². The van der Waals surface area contributed by atoms with Gasteiger partial charge in [-0.15, -0.1) is 0 Å². The molecule has 3 aliphatic carbocycles. The summed E-state index contributed by atoms with van der Waals surface area (Å²) < 4.78 is 6.66. The number of hydrogen-bond acceptors (Lipinski definition) is 9. The summed E-state index contributed by atoms with van der Waals surface area (Å²) in [5, 5.41) is 60.1. The van der Waals surface area contributed by atoms with E-state index in [1.165, 1.54) is 86.2 Å². The second kappa shape index (κ2) is 8.14. The molecule has 0 spiro atoms. The predicted molar refractivity (Wildman–Crippen MR) is 309 cm³/mol. The molecule has 0 aromatic heterocycles. The van der Waals surface area contributed by atoms with Crippen molar-refractivity contribution < 1.29 is 24.4 Å². The summed E-state index contributed by atoms with van der Waals surface area (Å²) >= 11 is 0. The molecule has 0 bridgehead atoms. The number of aliphatic hydroxyl groups is 1. The van der Waals surface area contributed by atoms with E-state index in [1.54, 1.807) is 0 Å². The van der Waals surface area contributed by atoms with Gasteiger partial charge in [0.15, 0.2) is 21.9 Å².